The molecule has 11 heavy (non-hydrogen) atoms. The summed E-state index contributed by atoms with van der Waals surface area (Å²) in [6, 6.07) is 0. The van der Waals surface area contributed by atoms with Gasteiger partial charge in [0.15, 0.2) is 0 Å². The first-order valence-electron chi connectivity index (χ1n) is 4.53. The maximum Gasteiger partial charge on any atom is 0.132 e. The minimum Gasteiger partial charge on any atom is -0.317 e. The number of carbonyl (C=O) groups excluding carboxylic acids is 1. The fourth-order valence-corrected chi connectivity index (χ4v) is 0.875. The summed E-state index contributed by atoms with van der Waals surface area (Å²) in [5.41, 5.74) is 0. The molecule has 1 heterocycles. The van der Waals surface area contributed by atoms with Gasteiger partial charge < -0.3 is 5.32 Å². The van der Waals surface area contributed by atoms with E-state index in [2.05, 4.69) is 5.32 Å². The van der Waals surface area contributed by atoms with Gasteiger partial charge in [0.2, 0.25) is 0 Å². The molecule has 0 unspecified atom stereocenters. The quantitative estimate of drug-likeness (QED) is 0.661. The van der Waals surface area contributed by atoms with E-state index in [1.54, 1.807) is 0 Å². The molecule has 1 aliphatic heterocycles. The van der Waals surface area contributed by atoms with Crippen LogP contribution in [0, 0.1) is 0 Å². The predicted molar refractivity (Wildman–Crippen MR) is 47.7 cm³/mol. The van der Waals surface area contributed by atoms with Gasteiger partial charge in [0.05, 0.1) is 0 Å². The van der Waals surface area contributed by atoms with E-state index < -0.39 is 0 Å². The number of hydrogen-bond acceptors (Lipinski definition) is 2. The highest BCUT2D eigenvalue weighted by molar-refractivity contribution is 5.77. The van der Waals surface area contributed by atoms with Crippen molar-refractivity contribution in [3.05, 3.63) is 0 Å². The molecule has 0 radical (unpaired) electrons. The lowest BCUT2D eigenvalue weighted by Crippen LogP contribution is -2.03. The van der Waals surface area contributed by atoms with Crippen LogP contribution in [-0.4, -0.2) is 18.9 Å². The molecule has 2 heteroatoms. The van der Waals surface area contributed by atoms with Crippen molar-refractivity contribution in [3.8, 4) is 0 Å². The van der Waals surface area contributed by atoms with Gasteiger partial charge in [-0.15, -0.1) is 0 Å². The van der Waals surface area contributed by atoms with Crippen molar-refractivity contribution >= 4 is 5.78 Å². The second-order valence-corrected chi connectivity index (χ2v) is 2.70. The Morgan fingerprint density at radius 1 is 1.18 bits per heavy atom. The molecule has 1 N–H and O–H groups in total. The van der Waals surface area contributed by atoms with Crippen molar-refractivity contribution in [2.75, 3.05) is 13.1 Å². The molecule has 2 nitrogen and oxygen atoms in total. The summed E-state index contributed by atoms with van der Waals surface area (Å²) in [6.45, 7) is 6.26. The van der Waals surface area contributed by atoms with E-state index >= 15 is 0 Å². The molecule has 0 atom stereocenters. The van der Waals surface area contributed by atoms with E-state index in [1.807, 2.05) is 13.8 Å². The van der Waals surface area contributed by atoms with E-state index in [0.29, 0.717) is 18.6 Å². The van der Waals surface area contributed by atoms with Crippen molar-refractivity contribution in [3.63, 3.8) is 0 Å². The molecule has 1 rings (SSSR count). The lowest BCUT2D eigenvalue weighted by atomic mass is 10.3. The van der Waals surface area contributed by atoms with Crippen molar-refractivity contribution in [1.82, 2.24) is 5.32 Å². The summed E-state index contributed by atoms with van der Waals surface area (Å²) in [5, 5.41) is 3.22. The van der Waals surface area contributed by atoms with Crippen molar-refractivity contribution in [1.29, 1.82) is 0 Å². The Hall–Kier alpha value is -0.370. The summed E-state index contributed by atoms with van der Waals surface area (Å²) >= 11 is 0. The maximum atomic E-state index is 10.2. The van der Waals surface area contributed by atoms with Crippen LogP contribution in [0.4, 0.5) is 0 Å². The van der Waals surface area contributed by atoms with Crippen molar-refractivity contribution < 1.29 is 4.79 Å². The van der Waals surface area contributed by atoms with Crippen LogP contribution in [0.25, 0.3) is 0 Å². The first-order chi connectivity index (χ1) is 5.31. The maximum absolute atomic E-state index is 10.2. The molecule has 0 spiro atoms. The zero-order valence-electron chi connectivity index (χ0n) is 7.65. The van der Waals surface area contributed by atoms with Gasteiger partial charge in [-0.05, 0) is 25.9 Å². The third-order valence-corrected chi connectivity index (χ3v) is 1.75. The van der Waals surface area contributed by atoms with Gasteiger partial charge in [0.1, 0.15) is 5.78 Å². The van der Waals surface area contributed by atoms with Crippen LogP contribution in [0.3, 0.4) is 0 Å². The van der Waals surface area contributed by atoms with E-state index in [4.69, 9.17) is 0 Å². The summed E-state index contributed by atoms with van der Waals surface area (Å²) in [5.74, 6) is 0.343. The second-order valence-electron chi connectivity index (χ2n) is 2.70. The summed E-state index contributed by atoms with van der Waals surface area (Å²) in [6.07, 6.45) is 4.16. The number of carbonyl (C=O) groups is 1. The smallest absolute Gasteiger partial charge is 0.132 e. The van der Waals surface area contributed by atoms with Gasteiger partial charge in [0.25, 0.3) is 0 Å². The fraction of sp³-hybridized carbons (Fsp3) is 0.889. The Balaban J connectivity index is 0.000000183. The highest BCUT2D eigenvalue weighted by atomic mass is 16.1. The number of rotatable bonds is 2. The number of hydrogen-bond donors (Lipinski definition) is 1. The van der Waals surface area contributed by atoms with Crippen LogP contribution in [0.1, 0.15) is 39.5 Å². The van der Waals surface area contributed by atoms with Crippen molar-refractivity contribution in [2.45, 2.75) is 39.5 Å². The van der Waals surface area contributed by atoms with E-state index in [-0.39, 0.29) is 0 Å². The molecule has 1 aliphatic rings. The van der Waals surface area contributed by atoms with E-state index in [9.17, 15) is 4.79 Å². The highest BCUT2D eigenvalue weighted by Gasteiger charge is 1.93. The van der Waals surface area contributed by atoms with Crippen LogP contribution in [0.15, 0.2) is 0 Å². The van der Waals surface area contributed by atoms with Gasteiger partial charge in [-0.25, -0.2) is 0 Å². The van der Waals surface area contributed by atoms with Crippen LogP contribution in [-0.2, 0) is 4.79 Å². The largest absolute Gasteiger partial charge is 0.317 e. The normalized spacial score (nSPS) is 15.5. The molecule has 0 aromatic carbocycles. The predicted octanol–water partition coefficient (Wildman–Crippen LogP) is 1.75. The topological polar surface area (TPSA) is 29.1 Å². The standard InChI is InChI=1S/C5H10O.C4H9N/c1-3-5(6)4-2;1-2-4-5-3-1/h3-4H2,1-2H3;5H,1-4H2. The van der Waals surface area contributed by atoms with E-state index in [1.165, 1.54) is 25.9 Å². The minimum absolute atomic E-state index is 0.343. The van der Waals surface area contributed by atoms with Gasteiger partial charge in [-0.2, -0.15) is 0 Å². The summed E-state index contributed by atoms with van der Waals surface area (Å²) in [4.78, 5) is 10.2. The molecule has 0 aliphatic carbocycles. The average molecular weight is 157 g/mol. The molecule has 1 fully saturated rings. The van der Waals surface area contributed by atoms with Crippen LogP contribution >= 0.6 is 0 Å². The number of Topliss-reactive ketones (excluding diaryl/α,β-unsaturated/α-hetero) is 1. The molecular weight excluding hydrogens is 138 g/mol. The Morgan fingerprint density at radius 2 is 1.64 bits per heavy atom. The molecule has 0 aromatic rings. The molecule has 0 saturated carbocycles. The Kier molecular flexibility index (Phi) is 7.47. The first-order valence-corrected chi connectivity index (χ1v) is 4.53. The summed E-state index contributed by atoms with van der Waals surface area (Å²) in [7, 11) is 0. The Bertz CT molecular complexity index is 84.1. The highest BCUT2D eigenvalue weighted by Crippen LogP contribution is 1.90. The third-order valence-electron chi connectivity index (χ3n) is 1.75. The Labute approximate surface area is 69.4 Å². The second kappa shape index (κ2) is 7.73. The van der Waals surface area contributed by atoms with Crippen LogP contribution in [0.5, 0.6) is 0 Å². The molecule has 0 bridgehead atoms. The van der Waals surface area contributed by atoms with Crippen LogP contribution in [0.2, 0.25) is 0 Å². The average Bonchev–Trinajstić information content (AvgIpc) is 2.60. The van der Waals surface area contributed by atoms with Gasteiger partial charge >= 0.3 is 0 Å². The SMILES string of the molecule is C1CCNC1.CCC(=O)CC. The van der Waals surface area contributed by atoms with Gasteiger partial charge in [0, 0.05) is 12.8 Å². The zero-order valence-corrected chi connectivity index (χ0v) is 7.65. The fourth-order valence-electron chi connectivity index (χ4n) is 0.875. The number of nitrogens with one attached hydrogen (secondary N) is 1. The molecule has 66 valence electrons. The Morgan fingerprint density at radius 3 is 1.73 bits per heavy atom. The number of ketones is 1. The zero-order chi connectivity index (χ0) is 8.53. The van der Waals surface area contributed by atoms with Gasteiger partial charge in [-0.3, -0.25) is 4.79 Å². The van der Waals surface area contributed by atoms with Crippen LogP contribution < -0.4 is 5.32 Å². The lowest BCUT2D eigenvalue weighted by molar-refractivity contribution is -0.118. The minimum atomic E-state index is 0.343. The third kappa shape index (κ3) is 7.53. The first kappa shape index (κ1) is 10.6. The molecule has 0 amide bonds. The lowest BCUT2D eigenvalue weighted by Gasteiger charge is -1.81. The molecule has 1 saturated heterocycles. The monoisotopic (exact) mass is 157 g/mol. The van der Waals surface area contributed by atoms with Crippen molar-refractivity contribution in [2.24, 2.45) is 0 Å². The van der Waals surface area contributed by atoms with Gasteiger partial charge in [-0.1, -0.05) is 13.8 Å². The van der Waals surface area contributed by atoms with E-state index in [0.717, 1.165) is 0 Å². The molecular formula is C9H19NO. The molecule has 0 aromatic heterocycles. The summed E-state index contributed by atoms with van der Waals surface area (Å²) < 4.78 is 0.